The van der Waals surface area contributed by atoms with Gasteiger partial charge in [-0.05, 0) is 63.9 Å². The van der Waals surface area contributed by atoms with E-state index in [9.17, 15) is 23.0 Å². The highest BCUT2D eigenvalue weighted by atomic mass is 35.5. The van der Waals surface area contributed by atoms with Gasteiger partial charge in [-0.15, -0.1) is 0 Å². The lowest BCUT2D eigenvalue weighted by Gasteiger charge is -2.29. The van der Waals surface area contributed by atoms with E-state index in [0.717, 1.165) is 6.07 Å². The van der Waals surface area contributed by atoms with Gasteiger partial charge in [0.25, 0.3) is 0 Å². The summed E-state index contributed by atoms with van der Waals surface area (Å²) in [4.78, 5) is 38.0. The van der Waals surface area contributed by atoms with Gasteiger partial charge in [-0.1, -0.05) is 17.7 Å². The fourth-order valence-electron chi connectivity index (χ4n) is 3.95. The second kappa shape index (κ2) is 10.8. The smallest absolute Gasteiger partial charge is 0.415 e. The fourth-order valence-corrected chi connectivity index (χ4v) is 4.87. The number of rotatable bonds is 6. The molecule has 2 N–H and O–H groups in total. The normalized spacial score (nSPS) is 12.2. The number of amides is 2. The number of benzene rings is 2. The van der Waals surface area contributed by atoms with Crippen LogP contribution in [0.4, 0.5) is 14.0 Å². The Labute approximate surface area is 214 Å². The quantitative estimate of drug-likeness (QED) is 0.427. The Hall–Kier alpha value is -3.24. The second-order valence-corrected chi connectivity index (χ2v) is 10.6. The Morgan fingerprint density at radius 2 is 1.81 bits per heavy atom. The van der Waals surface area contributed by atoms with Crippen molar-refractivity contribution in [2.24, 2.45) is 5.73 Å². The van der Waals surface area contributed by atoms with E-state index < -0.39 is 33.6 Å². The third-order valence-corrected chi connectivity index (χ3v) is 6.99. The minimum atomic E-state index is -2.37. The molecule has 0 radical (unpaired) electrons. The number of nitrogens with two attached hydrogens (primary N) is 1. The van der Waals surface area contributed by atoms with Crippen molar-refractivity contribution in [3.63, 3.8) is 0 Å². The van der Waals surface area contributed by atoms with Gasteiger partial charge in [0.05, 0.1) is 9.92 Å². The van der Waals surface area contributed by atoms with Crippen LogP contribution in [0.2, 0.25) is 5.02 Å². The monoisotopic (exact) mass is 536 g/mol. The van der Waals surface area contributed by atoms with Gasteiger partial charge in [-0.2, -0.15) is 0 Å². The number of hydrogen-bond donors (Lipinski definition) is 1. The number of carbonyl (C=O) groups is 2. The van der Waals surface area contributed by atoms with Crippen molar-refractivity contribution in [1.29, 1.82) is 0 Å². The molecule has 0 fully saturated rings. The van der Waals surface area contributed by atoms with Crippen LogP contribution in [0.25, 0.3) is 11.0 Å². The van der Waals surface area contributed by atoms with Crippen LogP contribution in [0, 0.1) is 12.7 Å². The molecule has 0 spiro atoms. The molecule has 0 saturated carbocycles. The maximum atomic E-state index is 14.1. The molecule has 192 valence electrons. The topological polar surface area (TPSA) is 120 Å². The predicted molar refractivity (Wildman–Crippen MR) is 136 cm³/mol. The molecule has 0 aliphatic rings. The number of carbonyl (C=O) groups excluding carboxylic acids is 2. The van der Waals surface area contributed by atoms with Gasteiger partial charge in [0.1, 0.15) is 22.2 Å². The van der Waals surface area contributed by atoms with Crippen molar-refractivity contribution in [3.8, 4) is 5.75 Å². The second-order valence-electron chi connectivity index (χ2n) is 8.76. The lowest BCUT2D eigenvalue weighted by molar-refractivity contribution is 0.123. The first-order valence-corrected chi connectivity index (χ1v) is 12.6. The van der Waals surface area contributed by atoms with E-state index in [1.807, 2.05) is 27.7 Å². The van der Waals surface area contributed by atoms with Crippen molar-refractivity contribution in [2.75, 3.05) is 0 Å². The average molecular weight is 537 g/mol. The Balaban J connectivity index is 2.00. The highest BCUT2D eigenvalue weighted by Crippen LogP contribution is 2.33. The Morgan fingerprint density at radius 1 is 1.17 bits per heavy atom. The summed E-state index contributed by atoms with van der Waals surface area (Å²) in [5.74, 6) is -0.798. The molecule has 1 heterocycles. The largest absolute Gasteiger partial charge is 0.422 e. The first-order valence-electron chi connectivity index (χ1n) is 11.1. The Morgan fingerprint density at radius 3 is 2.39 bits per heavy atom. The standard InChI is InChI=1S/C25H26ClFN2O6S/c1-12(2)29(13(3)4)25(32)35-21-11-20-16(10-18(21)26)14(5)17(23(30)34-20)8-15-6-7-19(27)22(9-15)36(33)24(28)31/h6-7,9-13H,8H2,1-5H3,(H2,28,31). The molecule has 0 bridgehead atoms. The summed E-state index contributed by atoms with van der Waals surface area (Å²) in [7, 11) is -2.37. The lowest BCUT2D eigenvalue weighted by Crippen LogP contribution is -2.43. The molecule has 0 aliphatic heterocycles. The van der Waals surface area contributed by atoms with Gasteiger partial charge in [-0.3, -0.25) is 4.79 Å². The molecule has 1 unspecified atom stereocenters. The van der Waals surface area contributed by atoms with Gasteiger partial charge in [0.2, 0.25) is 0 Å². The van der Waals surface area contributed by atoms with E-state index >= 15 is 0 Å². The van der Waals surface area contributed by atoms with E-state index in [1.165, 1.54) is 24.3 Å². The zero-order valence-corrected chi connectivity index (χ0v) is 22.0. The van der Waals surface area contributed by atoms with E-state index in [2.05, 4.69) is 0 Å². The molecule has 2 amide bonds. The van der Waals surface area contributed by atoms with Crippen LogP contribution in [0.1, 0.15) is 44.4 Å². The van der Waals surface area contributed by atoms with Crippen LogP contribution in [0.3, 0.4) is 0 Å². The first kappa shape index (κ1) is 27.3. The van der Waals surface area contributed by atoms with Gasteiger partial charge < -0.3 is 19.8 Å². The molecule has 3 aromatic rings. The number of halogens is 2. The Bertz CT molecular complexity index is 1430. The van der Waals surface area contributed by atoms with Crippen LogP contribution in [-0.4, -0.2) is 32.5 Å². The first-order chi connectivity index (χ1) is 16.8. The van der Waals surface area contributed by atoms with Crippen molar-refractivity contribution in [2.45, 2.75) is 58.0 Å². The fraction of sp³-hybridized carbons (Fsp3) is 0.320. The van der Waals surface area contributed by atoms with E-state index in [0.29, 0.717) is 16.5 Å². The summed E-state index contributed by atoms with van der Waals surface area (Å²) in [5.41, 5.74) is 5.78. The van der Waals surface area contributed by atoms with Crippen molar-refractivity contribution in [3.05, 3.63) is 68.3 Å². The minimum absolute atomic E-state index is 0.0133. The molecule has 0 aliphatic carbocycles. The maximum Gasteiger partial charge on any atom is 0.415 e. The van der Waals surface area contributed by atoms with Gasteiger partial charge >= 0.3 is 17.0 Å². The highest BCUT2D eigenvalue weighted by molar-refractivity contribution is 8.00. The molecule has 3 rings (SSSR count). The summed E-state index contributed by atoms with van der Waals surface area (Å²) < 4.78 is 37.1. The lowest BCUT2D eigenvalue weighted by atomic mass is 9.99. The maximum absolute atomic E-state index is 14.1. The number of primary amides is 1. The molecule has 1 atom stereocenters. The zero-order chi connectivity index (χ0) is 26.9. The molecular formula is C25H26ClFN2O6S. The minimum Gasteiger partial charge on any atom is -0.422 e. The average Bonchev–Trinajstić information content (AvgIpc) is 2.78. The van der Waals surface area contributed by atoms with E-state index in [1.54, 1.807) is 11.8 Å². The number of fused-ring (bicyclic) bond motifs is 1. The predicted octanol–water partition coefficient (Wildman–Crippen LogP) is 5.29. The van der Waals surface area contributed by atoms with Gasteiger partial charge in [-0.25, -0.2) is 18.2 Å². The molecule has 11 heteroatoms. The van der Waals surface area contributed by atoms with Crippen LogP contribution >= 0.6 is 11.6 Å². The van der Waals surface area contributed by atoms with E-state index in [4.69, 9.17) is 26.5 Å². The van der Waals surface area contributed by atoms with Crippen molar-refractivity contribution in [1.82, 2.24) is 4.90 Å². The van der Waals surface area contributed by atoms with Crippen molar-refractivity contribution < 1.29 is 27.3 Å². The summed E-state index contributed by atoms with van der Waals surface area (Å²) in [6.07, 6.45) is -0.572. The van der Waals surface area contributed by atoms with Crippen LogP contribution < -0.4 is 16.1 Å². The molecule has 2 aromatic carbocycles. The molecular weight excluding hydrogens is 511 g/mol. The van der Waals surface area contributed by atoms with E-state index in [-0.39, 0.29) is 45.3 Å². The molecule has 36 heavy (non-hydrogen) atoms. The summed E-state index contributed by atoms with van der Waals surface area (Å²) in [6, 6.07) is 6.40. The summed E-state index contributed by atoms with van der Waals surface area (Å²) in [6.45, 7) is 9.15. The van der Waals surface area contributed by atoms with Crippen LogP contribution in [-0.2, 0) is 17.2 Å². The van der Waals surface area contributed by atoms with Crippen molar-refractivity contribution >= 4 is 44.7 Å². The zero-order valence-electron chi connectivity index (χ0n) is 20.4. The highest BCUT2D eigenvalue weighted by Gasteiger charge is 2.24. The Kier molecular flexibility index (Phi) is 8.20. The molecule has 0 saturated heterocycles. The number of ether oxygens (including phenoxy) is 1. The SMILES string of the molecule is Cc1c(Cc2ccc(F)c(S(=O)C(N)=O)c2)c(=O)oc2cc(OC(=O)N(C(C)C)C(C)C)c(Cl)cc12. The molecule has 8 nitrogen and oxygen atoms in total. The third-order valence-electron chi connectivity index (χ3n) is 5.62. The number of hydrogen-bond acceptors (Lipinski definition) is 6. The number of nitrogens with zero attached hydrogens (tertiary/aromatic N) is 1. The van der Waals surface area contributed by atoms with Gasteiger partial charge in [0, 0.05) is 35.5 Å². The van der Waals surface area contributed by atoms with Gasteiger partial charge in [0.15, 0.2) is 5.75 Å². The molecule has 1 aromatic heterocycles. The van der Waals surface area contributed by atoms with Crippen LogP contribution in [0.5, 0.6) is 5.75 Å². The third kappa shape index (κ3) is 5.60. The summed E-state index contributed by atoms with van der Waals surface area (Å²) in [5, 5.41) is -0.516. The number of aryl methyl sites for hydroxylation is 1. The summed E-state index contributed by atoms with van der Waals surface area (Å²) >= 11 is 6.40. The van der Waals surface area contributed by atoms with Crippen LogP contribution in [0.15, 0.2) is 44.4 Å².